The molecule has 2 N–H and O–H groups in total. The molecule has 0 aliphatic rings. The van der Waals surface area contributed by atoms with Crippen molar-refractivity contribution in [3.63, 3.8) is 0 Å². The standard InChI is InChI=1S/C11H15N3O2S/c1-3-11(4-2,7-12)9(15)13-5-8-6-17-10(16)14-8/h6H,3-5H2,1-2H3,(H,13,15)(H,14,16). The largest absolute Gasteiger partial charge is 0.349 e. The first-order valence-corrected chi connectivity index (χ1v) is 6.32. The molecule has 1 aromatic rings. The van der Waals surface area contributed by atoms with E-state index in [1.807, 2.05) is 13.8 Å². The number of hydrogen-bond donors (Lipinski definition) is 2. The van der Waals surface area contributed by atoms with Crippen molar-refractivity contribution in [3.8, 4) is 6.07 Å². The zero-order chi connectivity index (χ0) is 12.9. The number of carbonyl (C=O) groups excluding carboxylic acids is 1. The van der Waals surface area contributed by atoms with Gasteiger partial charge in [-0.25, -0.2) is 0 Å². The Morgan fingerprint density at radius 3 is 2.65 bits per heavy atom. The van der Waals surface area contributed by atoms with Crippen molar-refractivity contribution in [3.05, 3.63) is 20.7 Å². The summed E-state index contributed by atoms with van der Waals surface area (Å²) < 4.78 is 0. The molecule has 0 unspecified atom stereocenters. The number of amides is 1. The van der Waals surface area contributed by atoms with E-state index in [1.54, 1.807) is 5.38 Å². The molecule has 0 saturated carbocycles. The number of H-pyrrole nitrogens is 1. The van der Waals surface area contributed by atoms with Crippen LogP contribution in [0.3, 0.4) is 0 Å². The normalized spacial score (nSPS) is 10.9. The maximum atomic E-state index is 11.9. The van der Waals surface area contributed by atoms with Crippen LogP contribution >= 0.6 is 11.3 Å². The summed E-state index contributed by atoms with van der Waals surface area (Å²) in [5.41, 5.74) is -0.302. The summed E-state index contributed by atoms with van der Waals surface area (Å²) in [6.07, 6.45) is 0.956. The smallest absolute Gasteiger partial charge is 0.304 e. The molecule has 92 valence electrons. The quantitative estimate of drug-likeness (QED) is 0.831. The molecule has 0 aliphatic carbocycles. The molecule has 0 saturated heterocycles. The number of aromatic amines is 1. The van der Waals surface area contributed by atoms with Gasteiger partial charge in [-0.05, 0) is 12.8 Å². The number of thiazole rings is 1. The number of hydrogen-bond acceptors (Lipinski definition) is 4. The maximum absolute atomic E-state index is 11.9. The van der Waals surface area contributed by atoms with Crippen LogP contribution in [-0.2, 0) is 11.3 Å². The van der Waals surface area contributed by atoms with Gasteiger partial charge < -0.3 is 10.3 Å². The Morgan fingerprint density at radius 1 is 1.59 bits per heavy atom. The highest BCUT2D eigenvalue weighted by atomic mass is 32.1. The topological polar surface area (TPSA) is 85.8 Å². The fourth-order valence-electron chi connectivity index (χ4n) is 1.53. The summed E-state index contributed by atoms with van der Waals surface area (Å²) in [5, 5.41) is 13.4. The van der Waals surface area contributed by atoms with Crippen LogP contribution < -0.4 is 10.2 Å². The SMILES string of the molecule is CCC(C#N)(CC)C(=O)NCc1csc(=O)[nH]1. The summed E-state index contributed by atoms with van der Waals surface area (Å²) in [6, 6.07) is 2.07. The summed E-state index contributed by atoms with van der Waals surface area (Å²) >= 11 is 1.05. The maximum Gasteiger partial charge on any atom is 0.304 e. The number of rotatable bonds is 5. The average Bonchev–Trinajstić information content (AvgIpc) is 2.75. The van der Waals surface area contributed by atoms with Gasteiger partial charge in [0.2, 0.25) is 5.91 Å². The van der Waals surface area contributed by atoms with Crippen molar-refractivity contribution in [1.29, 1.82) is 5.26 Å². The third kappa shape index (κ3) is 2.94. The minimum Gasteiger partial charge on any atom is -0.349 e. The van der Waals surface area contributed by atoms with Crippen LogP contribution in [0.2, 0.25) is 0 Å². The van der Waals surface area contributed by atoms with Crippen LogP contribution in [0.1, 0.15) is 32.4 Å². The Balaban J connectivity index is 2.66. The van der Waals surface area contributed by atoms with Crippen LogP contribution in [0.5, 0.6) is 0 Å². The van der Waals surface area contributed by atoms with E-state index in [-0.39, 0.29) is 17.3 Å². The second-order valence-corrected chi connectivity index (χ2v) is 4.60. The molecule has 1 amide bonds. The van der Waals surface area contributed by atoms with Gasteiger partial charge in [-0.3, -0.25) is 9.59 Å². The molecule has 0 aromatic carbocycles. The number of aromatic nitrogens is 1. The van der Waals surface area contributed by atoms with Gasteiger partial charge >= 0.3 is 4.87 Å². The molecule has 0 aliphatic heterocycles. The third-order valence-electron chi connectivity index (χ3n) is 2.87. The van der Waals surface area contributed by atoms with Crippen molar-refractivity contribution >= 4 is 17.2 Å². The van der Waals surface area contributed by atoms with Crippen molar-refractivity contribution in [2.24, 2.45) is 5.41 Å². The number of nitrogens with zero attached hydrogens (tertiary/aromatic N) is 1. The van der Waals surface area contributed by atoms with Gasteiger partial charge in [-0.15, -0.1) is 0 Å². The molecule has 5 nitrogen and oxygen atoms in total. The Hall–Kier alpha value is -1.61. The van der Waals surface area contributed by atoms with E-state index in [0.717, 1.165) is 11.3 Å². The number of nitriles is 1. The molecular weight excluding hydrogens is 238 g/mol. The predicted molar refractivity (Wildman–Crippen MR) is 65.4 cm³/mol. The lowest BCUT2D eigenvalue weighted by molar-refractivity contribution is -0.128. The number of carbonyl (C=O) groups is 1. The van der Waals surface area contributed by atoms with Gasteiger partial charge in [0.25, 0.3) is 0 Å². The lowest BCUT2D eigenvalue weighted by Crippen LogP contribution is -2.39. The monoisotopic (exact) mass is 253 g/mol. The lowest BCUT2D eigenvalue weighted by Gasteiger charge is -2.21. The van der Waals surface area contributed by atoms with E-state index in [2.05, 4.69) is 16.4 Å². The van der Waals surface area contributed by atoms with E-state index >= 15 is 0 Å². The van der Waals surface area contributed by atoms with E-state index < -0.39 is 5.41 Å². The summed E-state index contributed by atoms with van der Waals surface area (Å²) in [6.45, 7) is 3.89. The van der Waals surface area contributed by atoms with Gasteiger partial charge in [0.15, 0.2) is 0 Å². The molecule has 0 atom stereocenters. The fraction of sp³-hybridized carbons (Fsp3) is 0.545. The predicted octanol–water partition coefficient (Wildman–Crippen LogP) is 1.38. The van der Waals surface area contributed by atoms with Crippen molar-refractivity contribution < 1.29 is 4.79 Å². The van der Waals surface area contributed by atoms with E-state index in [1.165, 1.54) is 0 Å². The van der Waals surface area contributed by atoms with E-state index in [9.17, 15) is 9.59 Å². The molecule has 6 heteroatoms. The van der Waals surface area contributed by atoms with Crippen LogP contribution in [0.25, 0.3) is 0 Å². The zero-order valence-electron chi connectivity index (χ0n) is 9.87. The Labute approximate surface area is 103 Å². The van der Waals surface area contributed by atoms with E-state index in [0.29, 0.717) is 18.5 Å². The Bertz CT molecular complexity index is 479. The van der Waals surface area contributed by atoms with Crippen molar-refractivity contribution in [1.82, 2.24) is 10.3 Å². The highest BCUT2D eigenvalue weighted by molar-refractivity contribution is 7.07. The van der Waals surface area contributed by atoms with Crippen molar-refractivity contribution in [2.45, 2.75) is 33.2 Å². The molecule has 0 bridgehead atoms. The molecular formula is C11H15N3O2S. The fourth-order valence-corrected chi connectivity index (χ4v) is 2.11. The van der Waals surface area contributed by atoms with Gasteiger partial charge in [-0.1, -0.05) is 25.2 Å². The van der Waals surface area contributed by atoms with Crippen LogP contribution in [0.4, 0.5) is 0 Å². The zero-order valence-corrected chi connectivity index (χ0v) is 10.7. The minimum absolute atomic E-state index is 0.147. The first-order valence-electron chi connectivity index (χ1n) is 5.44. The molecule has 17 heavy (non-hydrogen) atoms. The van der Waals surface area contributed by atoms with Crippen LogP contribution in [-0.4, -0.2) is 10.9 Å². The highest BCUT2D eigenvalue weighted by Crippen LogP contribution is 2.25. The van der Waals surface area contributed by atoms with E-state index in [4.69, 9.17) is 5.26 Å². The molecule has 0 radical (unpaired) electrons. The lowest BCUT2D eigenvalue weighted by atomic mass is 9.83. The minimum atomic E-state index is -0.962. The van der Waals surface area contributed by atoms with Gasteiger partial charge in [-0.2, -0.15) is 5.26 Å². The summed E-state index contributed by atoms with van der Waals surface area (Å²) in [4.78, 5) is 25.3. The molecule has 1 heterocycles. The van der Waals surface area contributed by atoms with Gasteiger partial charge in [0, 0.05) is 11.1 Å². The van der Waals surface area contributed by atoms with Crippen LogP contribution in [0, 0.1) is 16.7 Å². The van der Waals surface area contributed by atoms with Crippen LogP contribution in [0.15, 0.2) is 10.2 Å². The second kappa shape index (κ2) is 5.64. The first kappa shape index (κ1) is 13.5. The second-order valence-electron chi connectivity index (χ2n) is 3.76. The third-order valence-corrected chi connectivity index (χ3v) is 3.58. The van der Waals surface area contributed by atoms with Gasteiger partial charge in [0.1, 0.15) is 5.41 Å². The van der Waals surface area contributed by atoms with Crippen molar-refractivity contribution in [2.75, 3.05) is 0 Å². The Morgan fingerprint density at radius 2 is 2.24 bits per heavy atom. The summed E-state index contributed by atoms with van der Waals surface area (Å²) in [5.74, 6) is -0.281. The van der Waals surface area contributed by atoms with Gasteiger partial charge in [0.05, 0.1) is 12.6 Å². The Kier molecular flexibility index (Phi) is 4.46. The molecule has 0 spiro atoms. The molecule has 0 fully saturated rings. The number of nitrogens with one attached hydrogen (secondary N) is 2. The average molecular weight is 253 g/mol. The summed E-state index contributed by atoms with van der Waals surface area (Å²) in [7, 11) is 0. The molecule has 1 rings (SSSR count). The molecule has 1 aromatic heterocycles. The highest BCUT2D eigenvalue weighted by Gasteiger charge is 2.34. The first-order chi connectivity index (χ1) is 8.07.